The van der Waals surface area contributed by atoms with E-state index >= 15 is 0 Å². The van der Waals surface area contributed by atoms with Gasteiger partial charge in [-0.1, -0.05) is 11.6 Å². The van der Waals surface area contributed by atoms with Crippen molar-refractivity contribution >= 4 is 40.8 Å². The van der Waals surface area contributed by atoms with Crippen LogP contribution in [-0.4, -0.2) is 41.8 Å². The maximum atomic E-state index is 14.1. The van der Waals surface area contributed by atoms with Crippen molar-refractivity contribution in [2.45, 2.75) is 18.1 Å². The van der Waals surface area contributed by atoms with Gasteiger partial charge in [-0.15, -0.1) is 0 Å². The molecule has 4 amide bonds. The Morgan fingerprint density at radius 2 is 1.68 bits per heavy atom. The van der Waals surface area contributed by atoms with Gasteiger partial charge in [-0.3, -0.25) is 9.59 Å². The highest BCUT2D eigenvalue weighted by molar-refractivity contribution is 6.31. The number of nitrogens with one attached hydrogen (secondary N) is 3. The minimum absolute atomic E-state index is 0.0109. The lowest BCUT2D eigenvalue weighted by molar-refractivity contribution is -0.137. The zero-order chi connectivity index (χ0) is 29.9. The van der Waals surface area contributed by atoms with Gasteiger partial charge in [0.2, 0.25) is 0 Å². The first-order chi connectivity index (χ1) is 19.1. The molecular formula is C26H16ClF7N4O3. The van der Waals surface area contributed by atoms with Gasteiger partial charge >= 0.3 is 12.2 Å². The summed E-state index contributed by atoms with van der Waals surface area (Å²) in [5.41, 5.74) is -2.60. The van der Waals surface area contributed by atoms with Gasteiger partial charge in [0.1, 0.15) is 11.6 Å². The largest absolute Gasteiger partial charge is 0.416 e. The average molecular weight is 601 g/mol. The van der Waals surface area contributed by atoms with E-state index in [-0.39, 0.29) is 39.2 Å². The Bertz CT molecular complexity index is 1600. The van der Waals surface area contributed by atoms with Gasteiger partial charge in [-0.05, 0) is 48.5 Å². The van der Waals surface area contributed by atoms with Crippen molar-refractivity contribution in [2.24, 2.45) is 0 Å². The van der Waals surface area contributed by atoms with Crippen LogP contribution in [0.5, 0.6) is 0 Å². The minimum Gasteiger partial charge on any atom is -0.341 e. The van der Waals surface area contributed by atoms with Gasteiger partial charge in [-0.25, -0.2) is 22.4 Å². The van der Waals surface area contributed by atoms with Crippen molar-refractivity contribution < 1.29 is 45.1 Å². The highest BCUT2D eigenvalue weighted by Gasteiger charge is 2.46. The number of hydrogen-bond acceptors (Lipinski definition) is 3. The van der Waals surface area contributed by atoms with E-state index in [1.807, 2.05) is 0 Å². The number of likely N-dealkylation sites (tertiary alicyclic amines) is 1. The summed E-state index contributed by atoms with van der Waals surface area (Å²) in [6, 6.07) is 4.67. The number of benzene rings is 3. The molecule has 0 aliphatic carbocycles. The molecule has 41 heavy (non-hydrogen) atoms. The van der Waals surface area contributed by atoms with Crippen molar-refractivity contribution in [3.05, 3.63) is 93.0 Å². The van der Waals surface area contributed by atoms with Crippen LogP contribution in [-0.2, 0) is 6.18 Å². The zero-order valence-corrected chi connectivity index (χ0v) is 21.1. The number of urea groups is 1. The van der Waals surface area contributed by atoms with Gasteiger partial charge in [-0.2, -0.15) is 13.2 Å². The van der Waals surface area contributed by atoms with Gasteiger partial charge in [0.05, 0.1) is 24.7 Å². The maximum Gasteiger partial charge on any atom is 0.416 e. The highest BCUT2D eigenvalue weighted by atomic mass is 35.5. The molecule has 15 heteroatoms. The van der Waals surface area contributed by atoms with E-state index in [1.54, 1.807) is 0 Å². The van der Waals surface area contributed by atoms with Crippen LogP contribution in [0, 0.1) is 11.6 Å². The molecule has 0 aromatic heterocycles. The number of rotatable bonds is 4. The molecule has 2 aliphatic heterocycles. The molecule has 2 aliphatic rings. The molecule has 1 atom stereocenters. The van der Waals surface area contributed by atoms with Crippen LogP contribution in [0.15, 0.2) is 48.5 Å². The molecule has 214 valence electrons. The van der Waals surface area contributed by atoms with Gasteiger partial charge < -0.3 is 20.9 Å². The molecule has 1 fully saturated rings. The van der Waals surface area contributed by atoms with Crippen LogP contribution in [0.4, 0.5) is 46.9 Å². The van der Waals surface area contributed by atoms with Crippen molar-refractivity contribution in [3.63, 3.8) is 0 Å². The molecule has 0 spiro atoms. The summed E-state index contributed by atoms with van der Waals surface area (Å²) in [5.74, 6) is -7.09. The van der Waals surface area contributed by atoms with Crippen molar-refractivity contribution in [3.8, 4) is 0 Å². The molecule has 7 nitrogen and oxygen atoms in total. The summed E-state index contributed by atoms with van der Waals surface area (Å²) in [4.78, 5) is 39.2. The summed E-state index contributed by atoms with van der Waals surface area (Å²) in [6.07, 6.45) is -4.97. The van der Waals surface area contributed by atoms with Crippen LogP contribution in [0.2, 0.25) is 5.02 Å². The van der Waals surface area contributed by atoms with Crippen LogP contribution >= 0.6 is 11.6 Å². The average Bonchev–Trinajstić information content (AvgIpc) is 3.19. The van der Waals surface area contributed by atoms with Crippen molar-refractivity contribution in [1.29, 1.82) is 0 Å². The second kappa shape index (κ2) is 9.94. The van der Waals surface area contributed by atoms with E-state index in [9.17, 15) is 45.1 Å². The Morgan fingerprint density at radius 3 is 2.34 bits per heavy atom. The van der Waals surface area contributed by atoms with E-state index in [0.717, 1.165) is 23.1 Å². The predicted molar refractivity (Wildman–Crippen MR) is 132 cm³/mol. The molecule has 5 rings (SSSR count). The van der Waals surface area contributed by atoms with Gasteiger partial charge in [0.15, 0.2) is 0 Å². The first-order valence-corrected chi connectivity index (χ1v) is 12.1. The number of fused-ring (bicyclic) bond motifs is 1. The highest BCUT2D eigenvalue weighted by Crippen LogP contribution is 2.41. The lowest BCUT2D eigenvalue weighted by Gasteiger charge is -2.38. The molecule has 1 unspecified atom stereocenters. The fourth-order valence-corrected chi connectivity index (χ4v) is 4.74. The summed E-state index contributed by atoms with van der Waals surface area (Å²) < 4.78 is 94.2. The molecule has 0 radical (unpaired) electrons. The number of alkyl halides is 5. The molecule has 3 aromatic rings. The fourth-order valence-electron chi connectivity index (χ4n) is 4.51. The molecule has 3 N–H and O–H groups in total. The topological polar surface area (TPSA) is 90.5 Å². The minimum atomic E-state index is -4.97. The molecule has 0 saturated carbocycles. The van der Waals surface area contributed by atoms with E-state index in [4.69, 9.17) is 11.6 Å². The van der Waals surface area contributed by atoms with Gasteiger partial charge in [0, 0.05) is 38.7 Å². The van der Waals surface area contributed by atoms with Crippen LogP contribution in [0.1, 0.15) is 43.4 Å². The quantitative estimate of drug-likeness (QED) is 0.311. The Kier molecular flexibility index (Phi) is 6.84. The number of hydrogen-bond donors (Lipinski definition) is 3. The van der Waals surface area contributed by atoms with Crippen LogP contribution in [0.25, 0.3) is 0 Å². The molecule has 0 bridgehead atoms. The number of carbonyl (C=O) groups excluding carboxylic acids is 3. The van der Waals surface area contributed by atoms with Crippen molar-refractivity contribution in [2.75, 3.05) is 23.7 Å². The fraction of sp³-hybridized carbons (Fsp3) is 0.192. The zero-order valence-electron chi connectivity index (χ0n) is 20.3. The van der Waals surface area contributed by atoms with E-state index in [2.05, 4.69) is 16.0 Å². The second-order valence-corrected chi connectivity index (χ2v) is 9.79. The van der Waals surface area contributed by atoms with Crippen molar-refractivity contribution in [1.82, 2.24) is 10.2 Å². The predicted octanol–water partition coefficient (Wildman–Crippen LogP) is 6.20. The second-order valence-electron chi connectivity index (χ2n) is 9.38. The van der Waals surface area contributed by atoms with E-state index in [0.29, 0.717) is 12.1 Å². The Balaban J connectivity index is 1.57. The Labute approximate surface area is 231 Å². The smallest absolute Gasteiger partial charge is 0.341 e. The number of carbonyl (C=O) groups is 3. The molecular weight excluding hydrogens is 585 g/mol. The standard InChI is InChI=1S/C26H16ClF7N4O3/c27-18-2-1-13(28)6-16(18)21-20-17(23(40)37-21)7-15(35-24(41)38-9-25(30,31)10-38)8-19(20)36-22(39)11-3-12(26(32,33)34)5-14(29)4-11/h1-8,21H,9-10H2,(H,35,41)(H,36,39)(H,37,40). The Hall–Kier alpha value is -4.33. The SMILES string of the molecule is O=C(Nc1cc(NC(=O)N2CC(F)(F)C2)cc2c1C(c1cc(F)ccc1Cl)NC2=O)c1cc(F)cc(C(F)(F)F)c1. The maximum absolute atomic E-state index is 14.1. The monoisotopic (exact) mass is 600 g/mol. The summed E-state index contributed by atoms with van der Waals surface area (Å²) in [7, 11) is 0. The molecule has 1 saturated heterocycles. The van der Waals surface area contributed by atoms with Crippen LogP contribution in [0.3, 0.4) is 0 Å². The number of anilines is 2. The number of nitrogens with zero attached hydrogens (tertiary/aromatic N) is 1. The summed E-state index contributed by atoms with van der Waals surface area (Å²) >= 11 is 6.23. The normalized spacial score (nSPS) is 17.4. The lowest BCUT2D eigenvalue weighted by atomic mass is 9.95. The first-order valence-electron chi connectivity index (χ1n) is 11.7. The molecule has 2 heterocycles. The van der Waals surface area contributed by atoms with E-state index in [1.165, 1.54) is 12.1 Å². The number of halogens is 8. The lowest BCUT2D eigenvalue weighted by Crippen LogP contribution is -2.59. The third-order valence-electron chi connectivity index (χ3n) is 6.38. The third kappa shape index (κ3) is 5.64. The summed E-state index contributed by atoms with van der Waals surface area (Å²) in [5, 5.41) is 7.23. The first kappa shape index (κ1) is 28.2. The Morgan fingerprint density at radius 1 is 0.976 bits per heavy atom. The van der Waals surface area contributed by atoms with Gasteiger partial charge in [0.25, 0.3) is 17.7 Å². The van der Waals surface area contributed by atoms with Crippen LogP contribution < -0.4 is 16.0 Å². The summed E-state index contributed by atoms with van der Waals surface area (Å²) in [6.45, 7) is -1.70. The number of amides is 4. The van der Waals surface area contributed by atoms with E-state index < -0.39 is 71.8 Å². The molecule has 3 aromatic carbocycles. The third-order valence-corrected chi connectivity index (χ3v) is 6.72.